The summed E-state index contributed by atoms with van der Waals surface area (Å²) in [6, 6.07) is 0. The van der Waals surface area contributed by atoms with Crippen LogP contribution in [0.25, 0.3) is 0 Å². The molecule has 1 atom stereocenters. The van der Waals surface area contributed by atoms with Crippen LogP contribution in [-0.2, 0) is 0 Å². The lowest BCUT2D eigenvalue weighted by Gasteiger charge is -2.07. The standard InChI is InChI=1S/C9H15N3O3/c1-10-2-3-15-7-4-11-9(12-5-7)8(14)6-13/h4-5,8,10,13-14H,2-3,6H2,1H3. The number of ether oxygens (including phenoxy) is 1. The fourth-order valence-corrected chi connectivity index (χ4v) is 0.925. The Balaban J connectivity index is 2.49. The predicted octanol–water partition coefficient (Wildman–Crippen LogP) is -0.900. The van der Waals surface area contributed by atoms with Gasteiger partial charge in [0.15, 0.2) is 11.6 Å². The first-order chi connectivity index (χ1) is 7.27. The van der Waals surface area contributed by atoms with E-state index in [1.165, 1.54) is 12.4 Å². The zero-order chi connectivity index (χ0) is 11.1. The van der Waals surface area contributed by atoms with Crippen molar-refractivity contribution in [2.24, 2.45) is 0 Å². The van der Waals surface area contributed by atoms with Gasteiger partial charge in [-0.15, -0.1) is 0 Å². The molecule has 0 saturated carbocycles. The fourth-order valence-electron chi connectivity index (χ4n) is 0.925. The minimum atomic E-state index is -1.03. The molecule has 3 N–H and O–H groups in total. The third-order valence-corrected chi connectivity index (χ3v) is 1.74. The molecule has 0 aliphatic rings. The smallest absolute Gasteiger partial charge is 0.159 e. The molecule has 1 aromatic rings. The first-order valence-corrected chi connectivity index (χ1v) is 4.66. The van der Waals surface area contributed by atoms with Crippen LogP contribution in [0.4, 0.5) is 0 Å². The van der Waals surface area contributed by atoms with E-state index in [1.54, 1.807) is 0 Å². The highest BCUT2D eigenvalue weighted by Gasteiger charge is 2.08. The van der Waals surface area contributed by atoms with Crippen LogP contribution < -0.4 is 10.1 Å². The molecular weight excluding hydrogens is 198 g/mol. The monoisotopic (exact) mass is 213 g/mol. The topological polar surface area (TPSA) is 87.5 Å². The zero-order valence-corrected chi connectivity index (χ0v) is 8.55. The Morgan fingerprint density at radius 1 is 1.47 bits per heavy atom. The molecule has 6 heteroatoms. The van der Waals surface area contributed by atoms with Gasteiger partial charge >= 0.3 is 0 Å². The molecule has 0 fully saturated rings. The van der Waals surface area contributed by atoms with Crippen LogP contribution in [0.1, 0.15) is 11.9 Å². The number of nitrogens with zero attached hydrogens (tertiary/aromatic N) is 2. The molecule has 0 aromatic carbocycles. The molecule has 1 aromatic heterocycles. The second kappa shape index (κ2) is 6.28. The highest BCUT2D eigenvalue weighted by Crippen LogP contribution is 2.10. The lowest BCUT2D eigenvalue weighted by molar-refractivity contribution is 0.0884. The highest BCUT2D eigenvalue weighted by molar-refractivity contribution is 5.12. The van der Waals surface area contributed by atoms with Crippen molar-refractivity contribution in [2.75, 3.05) is 26.8 Å². The molecule has 15 heavy (non-hydrogen) atoms. The van der Waals surface area contributed by atoms with Gasteiger partial charge in [-0.25, -0.2) is 9.97 Å². The van der Waals surface area contributed by atoms with E-state index in [9.17, 15) is 5.11 Å². The molecule has 0 aliphatic heterocycles. The Morgan fingerprint density at radius 3 is 2.67 bits per heavy atom. The Bertz CT molecular complexity index is 278. The van der Waals surface area contributed by atoms with Gasteiger partial charge in [0.2, 0.25) is 0 Å². The van der Waals surface area contributed by atoms with Crippen LogP contribution in [-0.4, -0.2) is 47.0 Å². The number of aliphatic hydroxyl groups excluding tert-OH is 2. The van der Waals surface area contributed by atoms with Crippen LogP contribution in [0.5, 0.6) is 5.75 Å². The van der Waals surface area contributed by atoms with Gasteiger partial charge in [0, 0.05) is 6.54 Å². The number of hydrogen-bond acceptors (Lipinski definition) is 6. The summed E-state index contributed by atoms with van der Waals surface area (Å²) < 4.78 is 5.28. The minimum Gasteiger partial charge on any atom is -0.489 e. The van der Waals surface area contributed by atoms with E-state index < -0.39 is 6.10 Å². The van der Waals surface area contributed by atoms with Crippen LogP contribution in [0.3, 0.4) is 0 Å². The van der Waals surface area contributed by atoms with Crippen molar-refractivity contribution in [2.45, 2.75) is 6.10 Å². The van der Waals surface area contributed by atoms with E-state index in [4.69, 9.17) is 9.84 Å². The molecule has 6 nitrogen and oxygen atoms in total. The number of hydrogen-bond donors (Lipinski definition) is 3. The van der Waals surface area contributed by atoms with Crippen LogP contribution in [0.15, 0.2) is 12.4 Å². The maximum atomic E-state index is 9.21. The first kappa shape index (κ1) is 11.8. The van der Waals surface area contributed by atoms with Crippen molar-refractivity contribution < 1.29 is 14.9 Å². The number of aromatic nitrogens is 2. The molecule has 0 amide bonds. The highest BCUT2D eigenvalue weighted by atomic mass is 16.5. The first-order valence-electron chi connectivity index (χ1n) is 4.66. The molecule has 84 valence electrons. The predicted molar refractivity (Wildman–Crippen MR) is 53.5 cm³/mol. The number of nitrogens with one attached hydrogen (secondary N) is 1. The van der Waals surface area contributed by atoms with Crippen molar-refractivity contribution in [1.82, 2.24) is 15.3 Å². The van der Waals surface area contributed by atoms with E-state index in [1.807, 2.05) is 7.05 Å². The van der Waals surface area contributed by atoms with Gasteiger partial charge in [-0.1, -0.05) is 0 Å². The van der Waals surface area contributed by atoms with Gasteiger partial charge < -0.3 is 20.3 Å². The zero-order valence-electron chi connectivity index (χ0n) is 8.55. The average molecular weight is 213 g/mol. The van der Waals surface area contributed by atoms with Gasteiger partial charge in [-0.2, -0.15) is 0 Å². The molecule has 0 saturated heterocycles. The van der Waals surface area contributed by atoms with Crippen LogP contribution in [0.2, 0.25) is 0 Å². The SMILES string of the molecule is CNCCOc1cnc(C(O)CO)nc1. The summed E-state index contributed by atoms with van der Waals surface area (Å²) >= 11 is 0. The molecule has 0 aliphatic carbocycles. The van der Waals surface area contributed by atoms with Crippen LogP contribution >= 0.6 is 0 Å². The van der Waals surface area contributed by atoms with Crippen molar-refractivity contribution in [3.8, 4) is 5.75 Å². The van der Waals surface area contributed by atoms with Crippen molar-refractivity contribution >= 4 is 0 Å². The Morgan fingerprint density at radius 2 is 2.13 bits per heavy atom. The summed E-state index contributed by atoms with van der Waals surface area (Å²) in [5.74, 6) is 0.734. The van der Waals surface area contributed by atoms with E-state index in [-0.39, 0.29) is 12.4 Å². The summed E-state index contributed by atoms with van der Waals surface area (Å²) in [5, 5.41) is 20.8. The Labute approximate surface area is 87.9 Å². The van der Waals surface area contributed by atoms with Gasteiger partial charge in [-0.3, -0.25) is 0 Å². The van der Waals surface area contributed by atoms with E-state index >= 15 is 0 Å². The number of likely N-dealkylation sites (N-methyl/N-ethyl adjacent to an activating group) is 1. The van der Waals surface area contributed by atoms with Crippen molar-refractivity contribution in [3.63, 3.8) is 0 Å². The number of aliphatic hydroxyl groups is 2. The fraction of sp³-hybridized carbons (Fsp3) is 0.556. The molecule has 0 radical (unpaired) electrons. The van der Waals surface area contributed by atoms with Crippen LogP contribution in [0, 0.1) is 0 Å². The summed E-state index contributed by atoms with van der Waals surface area (Å²) in [5.41, 5.74) is 0. The van der Waals surface area contributed by atoms with E-state index in [0.717, 1.165) is 6.54 Å². The second-order valence-electron chi connectivity index (χ2n) is 2.93. The number of rotatable bonds is 6. The summed E-state index contributed by atoms with van der Waals surface area (Å²) in [6.45, 7) is 0.878. The molecule has 1 rings (SSSR count). The minimum absolute atomic E-state index is 0.193. The molecular formula is C9H15N3O3. The van der Waals surface area contributed by atoms with Gasteiger partial charge in [0.05, 0.1) is 19.0 Å². The lowest BCUT2D eigenvalue weighted by atomic mass is 10.3. The van der Waals surface area contributed by atoms with Crippen molar-refractivity contribution in [3.05, 3.63) is 18.2 Å². The third-order valence-electron chi connectivity index (χ3n) is 1.74. The largest absolute Gasteiger partial charge is 0.489 e. The summed E-state index contributed by atoms with van der Waals surface area (Å²) in [6.07, 6.45) is 1.91. The van der Waals surface area contributed by atoms with Gasteiger partial charge in [0.1, 0.15) is 12.7 Å². The Kier molecular flexibility index (Phi) is 4.96. The third kappa shape index (κ3) is 3.78. The van der Waals surface area contributed by atoms with Crippen molar-refractivity contribution in [1.29, 1.82) is 0 Å². The summed E-state index contributed by atoms with van der Waals surface area (Å²) in [4.78, 5) is 7.72. The van der Waals surface area contributed by atoms with E-state index in [0.29, 0.717) is 12.4 Å². The molecule has 0 spiro atoms. The molecule has 0 bridgehead atoms. The van der Waals surface area contributed by atoms with Gasteiger partial charge in [0.25, 0.3) is 0 Å². The summed E-state index contributed by atoms with van der Waals surface area (Å²) in [7, 11) is 1.83. The van der Waals surface area contributed by atoms with E-state index in [2.05, 4.69) is 15.3 Å². The maximum absolute atomic E-state index is 9.21. The normalized spacial score (nSPS) is 12.5. The Hall–Kier alpha value is -1.24. The molecule has 1 heterocycles. The maximum Gasteiger partial charge on any atom is 0.159 e. The van der Waals surface area contributed by atoms with Gasteiger partial charge in [-0.05, 0) is 7.05 Å². The average Bonchev–Trinajstić information content (AvgIpc) is 2.29. The molecule has 1 unspecified atom stereocenters. The second-order valence-corrected chi connectivity index (χ2v) is 2.93. The lowest BCUT2D eigenvalue weighted by Crippen LogP contribution is -2.16. The quantitative estimate of drug-likeness (QED) is 0.531.